The van der Waals surface area contributed by atoms with Crippen molar-refractivity contribution >= 4 is 0 Å². The van der Waals surface area contributed by atoms with Crippen LogP contribution >= 0.6 is 0 Å². The zero-order valence-corrected chi connectivity index (χ0v) is 8.16. The number of rotatable bonds is 2. The lowest BCUT2D eigenvalue weighted by atomic mass is 10.2. The van der Waals surface area contributed by atoms with Gasteiger partial charge in [-0.05, 0) is 19.8 Å². The SMILES string of the molecule is CCN1C=C([C@@H]2CCCO2)OCC1. The molecule has 0 aromatic heterocycles. The van der Waals surface area contributed by atoms with E-state index in [0.29, 0.717) is 0 Å². The van der Waals surface area contributed by atoms with Crippen LogP contribution in [0, 0.1) is 0 Å². The highest BCUT2D eigenvalue weighted by atomic mass is 16.5. The number of ether oxygens (including phenoxy) is 2. The lowest BCUT2D eigenvalue weighted by Gasteiger charge is -2.28. The van der Waals surface area contributed by atoms with Crippen LogP contribution in [0.15, 0.2) is 12.0 Å². The van der Waals surface area contributed by atoms with Crippen molar-refractivity contribution in [3.63, 3.8) is 0 Å². The van der Waals surface area contributed by atoms with E-state index in [1.54, 1.807) is 0 Å². The Morgan fingerprint density at radius 3 is 3.15 bits per heavy atom. The summed E-state index contributed by atoms with van der Waals surface area (Å²) in [6.07, 6.45) is 4.62. The Bertz CT molecular complexity index is 197. The monoisotopic (exact) mass is 183 g/mol. The van der Waals surface area contributed by atoms with Gasteiger partial charge in [0.1, 0.15) is 18.5 Å². The summed E-state index contributed by atoms with van der Waals surface area (Å²) < 4.78 is 11.2. The molecule has 1 atom stereocenters. The zero-order valence-electron chi connectivity index (χ0n) is 8.16. The van der Waals surface area contributed by atoms with Gasteiger partial charge in [0.25, 0.3) is 0 Å². The quantitative estimate of drug-likeness (QED) is 0.645. The average Bonchev–Trinajstić information content (AvgIpc) is 2.71. The maximum atomic E-state index is 5.59. The van der Waals surface area contributed by atoms with Crippen molar-refractivity contribution in [3.05, 3.63) is 12.0 Å². The van der Waals surface area contributed by atoms with Crippen LogP contribution in [-0.2, 0) is 9.47 Å². The van der Waals surface area contributed by atoms with Crippen molar-refractivity contribution in [3.8, 4) is 0 Å². The van der Waals surface area contributed by atoms with Crippen molar-refractivity contribution < 1.29 is 9.47 Å². The first-order valence-electron chi connectivity index (χ1n) is 5.10. The van der Waals surface area contributed by atoms with Gasteiger partial charge >= 0.3 is 0 Å². The minimum absolute atomic E-state index is 0.231. The first kappa shape index (κ1) is 8.88. The van der Waals surface area contributed by atoms with E-state index in [0.717, 1.165) is 44.9 Å². The summed E-state index contributed by atoms with van der Waals surface area (Å²) in [7, 11) is 0. The molecular weight excluding hydrogens is 166 g/mol. The number of likely N-dealkylation sites (N-methyl/N-ethyl adjacent to an activating group) is 1. The van der Waals surface area contributed by atoms with E-state index in [2.05, 4.69) is 18.0 Å². The van der Waals surface area contributed by atoms with Gasteiger partial charge in [-0.1, -0.05) is 0 Å². The molecule has 2 aliphatic rings. The molecule has 0 bridgehead atoms. The highest BCUT2D eigenvalue weighted by molar-refractivity contribution is 5.03. The number of nitrogens with zero attached hydrogens (tertiary/aromatic N) is 1. The highest BCUT2D eigenvalue weighted by Gasteiger charge is 2.24. The Labute approximate surface area is 79.3 Å². The van der Waals surface area contributed by atoms with Crippen LogP contribution in [0.5, 0.6) is 0 Å². The van der Waals surface area contributed by atoms with Crippen molar-refractivity contribution in [1.82, 2.24) is 4.90 Å². The van der Waals surface area contributed by atoms with Gasteiger partial charge in [-0.15, -0.1) is 0 Å². The van der Waals surface area contributed by atoms with E-state index in [1.165, 1.54) is 0 Å². The van der Waals surface area contributed by atoms with Gasteiger partial charge in [0, 0.05) is 19.4 Å². The first-order valence-corrected chi connectivity index (χ1v) is 5.10. The molecule has 3 nitrogen and oxygen atoms in total. The summed E-state index contributed by atoms with van der Waals surface area (Å²) in [5.74, 6) is 1.03. The summed E-state index contributed by atoms with van der Waals surface area (Å²) >= 11 is 0. The lowest BCUT2D eigenvalue weighted by Crippen LogP contribution is -2.30. The van der Waals surface area contributed by atoms with Crippen LogP contribution in [0.2, 0.25) is 0 Å². The van der Waals surface area contributed by atoms with Crippen LogP contribution in [0.4, 0.5) is 0 Å². The second kappa shape index (κ2) is 4.01. The van der Waals surface area contributed by atoms with Crippen molar-refractivity contribution in [2.24, 2.45) is 0 Å². The molecular formula is C10H17NO2. The molecule has 13 heavy (non-hydrogen) atoms. The molecule has 1 fully saturated rings. The van der Waals surface area contributed by atoms with Gasteiger partial charge < -0.3 is 14.4 Å². The molecule has 0 aromatic rings. The van der Waals surface area contributed by atoms with Gasteiger partial charge in [0.2, 0.25) is 0 Å². The topological polar surface area (TPSA) is 21.7 Å². The number of hydrogen-bond donors (Lipinski definition) is 0. The average molecular weight is 183 g/mol. The van der Waals surface area contributed by atoms with Gasteiger partial charge in [-0.3, -0.25) is 0 Å². The smallest absolute Gasteiger partial charge is 0.141 e. The summed E-state index contributed by atoms with van der Waals surface area (Å²) in [6.45, 7) is 5.91. The van der Waals surface area contributed by atoms with Crippen LogP contribution in [0.25, 0.3) is 0 Å². The number of hydrogen-bond acceptors (Lipinski definition) is 3. The minimum atomic E-state index is 0.231. The van der Waals surface area contributed by atoms with Crippen molar-refractivity contribution in [2.45, 2.75) is 25.9 Å². The van der Waals surface area contributed by atoms with E-state index in [-0.39, 0.29) is 6.10 Å². The van der Waals surface area contributed by atoms with Crippen molar-refractivity contribution in [1.29, 1.82) is 0 Å². The molecule has 0 aromatic carbocycles. The molecule has 2 rings (SSSR count). The fraction of sp³-hybridized carbons (Fsp3) is 0.800. The van der Waals surface area contributed by atoms with E-state index in [4.69, 9.17) is 9.47 Å². The van der Waals surface area contributed by atoms with E-state index in [9.17, 15) is 0 Å². The molecule has 0 radical (unpaired) electrons. The van der Waals surface area contributed by atoms with Gasteiger partial charge in [-0.2, -0.15) is 0 Å². The first-order chi connectivity index (χ1) is 6.40. The standard InChI is InChI=1S/C10H17NO2/c1-2-11-5-7-13-10(8-11)9-4-3-6-12-9/h8-9H,2-7H2,1H3/t9-/m0/s1. The fourth-order valence-corrected chi connectivity index (χ4v) is 1.79. The fourth-order valence-electron chi connectivity index (χ4n) is 1.79. The summed E-state index contributed by atoms with van der Waals surface area (Å²) in [4.78, 5) is 2.28. The maximum Gasteiger partial charge on any atom is 0.141 e. The molecule has 74 valence electrons. The molecule has 0 amide bonds. The predicted octanol–water partition coefficient (Wildman–Crippen LogP) is 1.36. The molecule has 0 spiro atoms. The largest absolute Gasteiger partial charge is 0.492 e. The summed E-state index contributed by atoms with van der Waals surface area (Å²) in [6, 6.07) is 0. The van der Waals surface area contributed by atoms with E-state index in [1.807, 2.05) is 0 Å². The van der Waals surface area contributed by atoms with Crippen LogP contribution < -0.4 is 0 Å². The molecule has 3 heteroatoms. The Kier molecular flexibility index (Phi) is 2.74. The predicted molar refractivity (Wildman–Crippen MR) is 50.3 cm³/mol. The second-order valence-corrected chi connectivity index (χ2v) is 3.51. The molecule has 0 aliphatic carbocycles. The van der Waals surface area contributed by atoms with E-state index >= 15 is 0 Å². The highest BCUT2D eigenvalue weighted by Crippen LogP contribution is 2.22. The molecule has 0 N–H and O–H groups in total. The Hall–Kier alpha value is -0.700. The molecule has 0 saturated carbocycles. The van der Waals surface area contributed by atoms with E-state index < -0.39 is 0 Å². The van der Waals surface area contributed by atoms with Gasteiger partial charge in [0.05, 0.1) is 6.54 Å². The van der Waals surface area contributed by atoms with Gasteiger partial charge in [-0.25, -0.2) is 0 Å². The molecule has 2 aliphatic heterocycles. The Morgan fingerprint density at radius 2 is 2.46 bits per heavy atom. The third-order valence-corrected chi connectivity index (χ3v) is 2.61. The molecule has 1 saturated heterocycles. The normalized spacial score (nSPS) is 28.5. The summed E-state index contributed by atoms with van der Waals surface area (Å²) in [5.41, 5.74) is 0. The Morgan fingerprint density at radius 1 is 1.54 bits per heavy atom. The van der Waals surface area contributed by atoms with Crippen LogP contribution in [0.3, 0.4) is 0 Å². The summed E-state index contributed by atoms with van der Waals surface area (Å²) in [5, 5.41) is 0. The third-order valence-electron chi connectivity index (χ3n) is 2.61. The Balaban J connectivity index is 1.99. The van der Waals surface area contributed by atoms with Crippen molar-refractivity contribution in [2.75, 3.05) is 26.3 Å². The molecule has 0 unspecified atom stereocenters. The second-order valence-electron chi connectivity index (χ2n) is 3.51. The van der Waals surface area contributed by atoms with Crippen LogP contribution in [-0.4, -0.2) is 37.3 Å². The minimum Gasteiger partial charge on any atom is -0.492 e. The zero-order chi connectivity index (χ0) is 9.10. The lowest BCUT2D eigenvalue weighted by molar-refractivity contribution is 0.0493. The molecule has 2 heterocycles. The third kappa shape index (κ3) is 1.97. The van der Waals surface area contributed by atoms with Crippen LogP contribution in [0.1, 0.15) is 19.8 Å². The maximum absolute atomic E-state index is 5.59. The van der Waals surface area contributed by atoms with Gasteiger partial charge in [0.15, 0.2) is 0 Å².